The SMILES string of the molecule is CN1CCN(C(=O)CCC2CCCN(Cc3cc(Cl)ccc3O)C2)CC1. The number of aromatic hydroxyl groups is 1. The number of halogens is 1. The quantitative estimate of drug-likeness (QED) is 0.854. The molecule has 5 nitrogen and oxygen atoms in total. The monoisotopic (exact) mass is 379 g/mol. The number of carbonyl (C=O) groups is 1. The molecule has 0 spiro atoms. The summed E-state index contributed by atoms with van der Waals surface area (Å²) in [4.78, 5) is 19.1. The van der Waals surface area contributed by atoms with E-state index in [0.29, 0.717) is 29.0 Å². The van der Waals surface area contributed by atoms with E-state index in [0.717, 1.165) is 64.2 Å². The topological polar surface area (TPSA) is 47.0 Å². The molecule has 0 saturated carbocycles. The van der Waals surface area contributed by atoms with Crippen molar-refractivity contribution in [3.63, 3.8) is 0 Å². The summed E-state index contributed by atoms with van der Waals surface area (Å²) in [6, 6.07) is 5.22. The molecule has 1 N–H and O–H groups in total. The molecular weight excluding hydrogens is 350 g/mol. The van der Waals surface area contributed by atoms with Crippen LogP contribution in [0, 0.1) is 5.92 Å². The highest BCUT2D eigenvalue weighted by Crippen LogP contribution is 2.27. The number of hydrogen-bond acceptors (Lipinski definition) is 4. The second-order valence-corrected chi connectivity index (χ2v) is 8.18. The second-order valence-electron chi connectivity index (χ2n) is 7.74. The van der Waals surface area contributed by atoms with Crippen LogP contribution in [-0.2, 0) is 11.3 Å². The molecule has 2 fully saturated rings. The number of nitrogens with zero attached hydrogens (tertiary/aromatic N) is 3. The minimum Gasteiger partial charge on any atom is -0.508 e. The van der Waals surface area contributed by atoms with Gasteiger partial charge < -0.3 is 14.9 Å². The minimum absolute atomic E-state index is 0.307. The van der Waals surface area contributed by atoms with Crippen LogP contribution in [0.5, 0.6) is 5.75 Å². The van der Waals surface area contributed by atoms with E-state index in [2.05, 4.69) is 16.8 Å². The molecule has 26 heavy (non-hydrogen) atoms. The lowest BCUT2D eigenvalue weighted by molar-refractivity contribution is -0.133. The van der Waals surface area contributed by atoms with Gasteiger partial charge in [-0.2, -0.15) is 0 Å². The van der Waals surface area contributed by atoms with Crippen LogP contribution < -0.4 is 0 Å². The zero-order valence-electron chi connectivity index (χ0n) is 15.7. The van der Waals surface area contributed by atoms with Crippen LogP contribution >= 0.6 is 11.6 Å². The Morgan fingerprint density at radius 1 is 1.23 bits per heavy atom. The second kappa shape index (κ2) is 9.07. The van der Waals surface area contributed by atoms with Gasteiger partial charge in [-0.3, -0.25) is 9.69 Å². The zero-order chi connectivity index (χ0) is 18.5. The average Bonchev–Trinajstić information content (AvgIpc) is 2.64. The lowest BCUT2D eigenvalue weighted by atomic mass is 9.92. The zero-order valence-corrected chi connectivity index (χ0v) is 16.4. The molecule has 1 unspecified atom stereocenters. The largest absolute Gasteiger partial charge is 0.508 e. The van der Waals surface area contributed by atoms with Crippen molar-refractivity contribution in [1.82, 2.24) is 14.7 Å². The molecule has 1 atom stereocenters. The molecule has 2 saturated heterocycles. The third-order valence-electron chi connectivity index (χ3n) is 5.66. The molecule has 2 aliphatic heterocycles. The van der Waals surface area contributed by atoms with Gasteiger partial charge in [0.25, 0.3) is 0 Å². The number of likely N-dealkylation sites (tertiary alicyclic amines) is 1. The Morgan fingerprint density at radius 3 is 2.77 bits per heavy atom. The average molecular weight is 380 g/mol. The number of rotatable bonds is 5. The van der Waals surface area contributed by atoms with Crippen molar-refractivity contribution < 1.29 is 9.90 Å². The lowest BCUT2D eigenvalue weighted by Gasteiger charge is -2.34. The van der Waals surface area contributed by atoms with E-state index in [-0.39, 0.29) is 0 Å². The van der Waals surface area contributed by atoms with E-state index in [9.17, 15) is 9.90 Å². The molecule has 6 heteroatoms. The summed E-state index contributed by atoms with van der Waals surface area (Å²) in [5, 5.41) is 10.7. The fourth-order valence-electron chi connectivity index (χ4n) is 3.99. The van der Waals surface area contributed by atoms with Gasteiger partial charge in [0.05, 0.1) is 0 Å². The molecule has 1 aromatic carbocycles. The van der Waals surface area contributed by atoms with Gasteiger partial charge in [0.1, 0.15) is 5.75 Å². The van der Waals surface area contributed by atoms with Crippen molar-refractivity contribution in [2.75, 3.05) is 46.3 Å². The number of carbonyl (C=O) groups excluding carboxylic acids is 1. The van der Waals surface area contributed by atoms with Gasteiger partial charge in [-0.25, -0.2) is 0 Å². The number of piperazine rings is 1. The third-order valence-corrected chi connectivity index (χ3v) is 5.90. The maximum atomic E-state index is 12.4. The van der Waals surface area contributed by atoms with Gasteiger partial charge in [-0.05, 0) is 57.0 Å². The smallest absolute Gasteiger partial charge is 0.222 e. The molecule has 2 heterocycles. The first kappa shape index (κ1) is 19.5. The van der Waals surface area contributed by atoms with Crippen LogP contribution in [0.3, 0.4) is 0 Å². The fourth-order valence-corrected chi connectivity index (χ4v) is 4.19. The van der Waals surface area contributed by atoms with Crippen molar-refractivity contribution in [1.29, 1.82) is 0 Å². The number of phenolic OH excluding ortho intramolecular Hbond substituents is 1. The Balaban J connectivity index is 1.46. The van der Waals surface area contributed by atoms with E-state index in [1.165, 1.54) is 6.42 Å². The normalized spacial score (nSPS) is 22.5. The van der Waals surface area contributed by atoms with Crippen LogP contribution in [0.2, 0.25) is 5.02 Å². The molecule has 0 aromatic heterocycles. The van der Waals surface area contributed by atoms with E-state index in [4.69, 9.17) is 11.6 Å². The number of likely N-dealkylation sites (N-methyl/N-ethyl adjacent to an activating group) is 1. The number of hydrogen-bond donors (Lipinski definition) is 1. The number of amides is 1. The molecule has 3 rings (SSSR count). The summed E-state index contributed by atoms with van der Waals surface area (Å²) < 4.78 is 0. The van der Waals surface area contributed by atoms with Gasteiger partial charge in [0.2, 0.25) is 5.91 Å². The summed E-state index contributed by atoms with van der Waals surface area (Å²) in [5.74, 6) is 1.17. The minimum atomic E-state index is 0.307. The number of piperidine rings is 1. The Bertz CT molecular complexity index is 617. The molecular formula is C20H30ClN3O2. The van der Waals surface area contributed by atoms with Crippen LogP contribution in [0.15, 0.2) is 18.2 Å². The van der Waals surface area contributed by atoms with Crippen LogP contribution in [0.1, 0.15) is 31.2 Å². The summed E-state index contributed by atoms with van der Waals surface area (Å²) in [6.07, 6.45) is 3.95. The van der Waals surface area contributed by atoms with E-state index >= 15 is 0 Å². The summed E-state index contributed by atoms with van der Waals surface area (Å²) >= 11 is 6.06. The molecule has 144 valence electrons. The highest BCUT2D eigenvalue weighted by Gasteiger charge is 2.24. The summed E-state index contributed by atoms with van der Waals surface area (Å²) in [5.41, 5.74) is 0.881. The molecule has 0 bridgehead atoms. The molecule has 0 radical (unpaired) electrons. The number of phenols is 1. The highest BCUT2D eigenvalue weighted by atomic mass is 35.5. The predicted octanol–water partition coefficient (Wildman–Crippen LogP) is 2.81. The first-order chi connectivity index (χ1) is 12.5. The third kappa shape index (κ3) is 5.35. The maximum absolute atomic E-state index is 12.4. The van der Waals surface area contributed by atoms with Gasteiger partial charge in [-0.1, -0.05) is 11.6 Å². The molecule has 1 amide bonds. The van der Waals surface area contributed by atoms with E-state index < -0.39 is 0 Å². The van der Waals surface area contributed by atoms with Crippen LogP contribution in [0.25, 0.3) is 0 Å². The van der Waals surface area contributed by atoms with Gasteiger partial charge >= 0.3 is 0 Å². The molecule has 0 aliphatic carbocycles. The standard InChI is InChI=1S/C20H30ClN3O2/c1-22-9-11-24(12-10-22)20(26)7-4-16-3-2-8-23(14-16)15-17-13-18(21)5-6-19(17)25/h5-6,13,16,25H,2-4,7-12,14-15H2,1H3. The Labute approximate surface area is 161 Å². The van der Waals surface area contributed by atoms with Crippen molar-refractivity contribution in [2.24, 2.45) is 5.92 Å². The predicted molar refractivity (Wildman–Crippen MR) is 104 cm³/mol. The van der Waals surface area contributed by atoms with Crippen LogP contribution in [0.4, 0.5) is 0 Å². The van der Waals surface area contributed by atoms with Crippen molar-refractivity contribution in [2.45, 2.75) is 32.2 Å². The van der Waals surface area contributed by atoms with Gasteiger partial charge in [0, 0.05) is 56.3 Å². The molecule has 1 aromatic rings. The fraction of sp³-hybridized carbons (Fsp3) is 0.650. The Hall–Kier alpha value is -1.30. The maximum Gasteiger partial charge on any atom is 0.222 e. The first-order valence-electron chi connectivity index (χ1n) is 9.67. The van der Waals surface area contributed by atoms with Crippen molar-refractivity contribution >= 4 is 17.5 Å². The van der Waals surface area contributed by atoms with E-state index in [1.54, 1.807) is 12.1 Å². The lowest BCUT2D eigenvalue weighted by Crippen LogP contribution is -2.47. The summed E-state index contributed by atoms with van der Waals surface area (Å²) in [6.45, 7) is 6.42. The van der Waals surface area contributed by atoms with Crippen molar-refractivity contribution in [3.05, 3.63) is 28.8 Å². The Kier molecular flexibility index (Phi) is 6.79. The van der Waals surface area contributed by atoms with Crippen LogP contribution in [-0.4, -0.2) is 72.0 Å². The van der Waals surface area contributed by atoms with E-state index in [1.807, 2.05) is 11.0 Å². The molecule has 2 aliphatic rings. The van der Waals surface area contributed by atoms with Gasteiger partial charge in [-0.15, -0.1) is 0 Å². The Morgan fingerprint density at radius 2 is 2.00 bits per heavy atom. The first-order valence-corrected chi connectivity index (χ1v) is 10.0. The number of benzene rings is 1. The van der Waals surface area contributed by atoms with Gasteiger partial charge in [0.15, 0.2) is 0 Å². The summed E-state index contributed by atoms with van der Waals surface area (Å²) in [7, 11) is 2.11. The van der Waals surface area contributed by atoms with Crippen molar-refractivity contribution in [3.8, 4) is 5.75 Å². The highest BCUT2D eigenvalue weighted by molar-refractivity contribution is 6.30.